The van der Waals surface area contributed by atoms with E-state index in [1.165, 1.54) is 24.0 Å². The second kappa shape index (κ2) is 7.94. The van der Waals surface area contributed by atoms with Crippen LogP contribution in [0.5, 0.6) is 0 Å². The number of benzene rings is 2. The lowest BCUT2D eigenvalue weighted by atomic mass is 10.2. The normalized spacial score (nSPS) is 10.5. The fourth-order valence-electron chi connectivity index (χ4n) is 1.63. The fourth-order valence-corrected chi connectivity index (χ4v) is 2.35. The maximum Gasteiger partial charge on any atom is 0.278 e. The smallest absolute Gasteiger partial charge is 0.272 e. The monoisotopic (exact) mass is 315 g/mol. The first kappa shape index (κ1) is 15.7. The first-order valence-electron chi connectivity index (χ1n) is 6.40. The van der Waals surface area contributed by atoms with E-state index in [0.29, 0.717) is 5.56 Å². The van der Waals surface area contributed by atoms with Crippen molar-refractivity contribution in [3.05, 3.63) is 70.3 Å². The molecular weight excluding hydrogens is 302 g/mol. The summed E-state index contributed by atoms with van der Waals surface area (Å²) >= 11 is 1.39. The van der Waals surface area contributed by atoms with E-state index in [1.807, 2.05) is 30.3 Å². The molecule has 0 aliphatic carbocycles. The number of hydrazone groups is 1. The van der Waals surface area contributed by atoms with Crippen molar-refractivity contribution in [3.63, 3.8) is 0 Å². The van der Waals surface area contributed by atoms with Crippen LogP contribution in [-0.4, -0.2) is 22.8 Å². The van der Waals surface area contributed by atoms with E-state index < -0.39 is 4.92 Å². The van der Waals surface area contributed by atoms with E-state index in [1.54, 1.807) is 18.2 Å². The van der Waals surface area contributed by atoms with Crippen molar-refractivity contribution < 1.29 is 9.72 Å². The molecular formula is C15H13N3O3S. The molecule has 0 unspecified atom stereocenters. The summed E-state index contributed by atoms with van der Waals surface area (Å²) in [6.07, 6.45) is 1.27. The second-order valence-corrected chi connectivity index (χ2v) is 5.26. The zero-order valence-electron chi connectivity index (χ0n) is 11.5. The Bertz CT molecular complexity index is 689. The molecule has 0 bridgehead atoms. The molecule has 1 amide bonds. The molecule has 7 heteroatoms. The summed E-state index contributed by atoms with van der Waals surface area (Å²) in [5.74, 6) is -0.0539. The quantitative estimate of drug-likeness (QED) is 0.384. The van der Waals surface area contributed by atoms with Gasteiger partial charge >= 0.3 is 0 Å². The van der Waals surface area contributed by atoms with E-state index in [4.69, 9.17) is 0 Å². The number of amides is 1. The third kappa shape index (κ3) is 4.71. The van der Waals surface area contributed by atoms with Crippen molar-refractivity contribution in [3.8, 4) is 0 Å². The van der Waals surface area contributed by atoms with Gasteiger partial charge in [-0.1, -0.05) is 30.3 Å². The van der Waals surface area contributed by atoms with Crippen molar-refractivity contribution in [2.24, 2.45) is 5.10 Å². The van der Waals surface area contributed by atoms with Crippen LogP contribution in [0.15, 0.2) is 64.6 Å². The van der Waals surface area contributed by atoms with E-state index in [0.717, 1.165) is 4.90 Å². The molecule has 2 rings (SSSR count). The molecule has 0 fully saturated rings. The molecule has 0 aromatic heterocycles. The Hall–Kier alpha value is -2.67. The maximum atomic E-state index is 11.6. The lowest BCUT2D eigenvalue weighted by molar-refractivity contribution is -0.385. The van der Waals surface area contributed by atoms with Gasteiger partial charge in [0.15, 0.2) is 0 Å². The highest BCUT2D eigenvalue weighted by atomic mass is 32.2. The number of hydrogen-bond donors (Lipinski definition) is 1. The summed E-state index contributed by atoms with van der Waals surface area (Å²) < 4.78 is 0. The molecule has 0 atom stereocenters. The number of rotatable bonds is 6. The number of nitrogens with one attached hydrogen (secondary N) is 1. The first-order valence-corrected chi connectivity index (χ1v) is 7.38. The van der Waals surface area contributed by atoms with Crippen LogP contribution >= 0.6 is 11.8 Å². The standard InChI is InChI=1S/C15H13N3O3S/c19-15(11-22-13-7-2-1-3-8-13)17-16-10-12-6-4-5-9-14(12)18(20)21/h1-10H,11H2,(H,17,19)/b16-10+. The average molecular weight is 315 g/mol. The second-order valence-electron chi connectivity index (χ2n) is 4.21. The molecule has 0 saturated heterocycles. The summed E-state index contributed by atoms with van der Waals surface area (Å²) in [7, 11) is 0. The van der Waals surface area contributed by atoms with Gasteiger partial charge in [-0.3, -0.25) is 14.9 Å². The van der Waals surface area contributed by atoms with Gasteiger partial charge in [0, 0.05) is 11.0 Å². The van der Waals surface area contributed by atoms with Crippen LogP contribution < -0.4 is 5.43 Å². The molecule has 0 radical (unpaired) electrons. The Morgan fingerprint density at radius 1 is 1.18 bits per heavy atom. The molecule has 2 aromatic rings. The van der Waals surface area contributed by atoms with Gasteiger partial charge in [0.05, 0.1) is 22.5 Å². The SMILES string of the molecule is O=C(CSc1ccccc1)N/N=C/c1ccccc1[N+](=O)[O-]. The van der Waals surface area contributed by atoms with E-state index in [9.17, 15) is 14.9 Å². The van der Waals surface area contributed by atoms with Crippen LogP contribution in [0.2, 0.25) is 0 Å². The Balaban J connectivity index is 1.87. The Labute approximate surface area is 131 Å². The molecule has 2 aromatic carbocycles. The lowest BCUT2D eigenvalue weighted by Gasteiger charge is -2.00. The van der Waals surface area contributed by atoms with Crippen molar-refractivity contribution in [1.29, 1.82) is 0 Å². The molecule has 22 heavy (non-hydrogen) atoms. The summed E-state index contributed by atoms with van der Waals surface area (Å²) in [5.41, 5.74) is 2.63. The van der Waals surface area contributed by atoms with Crippen LogP contribution in [0, 0.1) is 10.1 Å². The van der Waals surface area contributed by atoms with Gasteiger partial charge in [-0.05, 0) is 18.2 Å². The minimum Gasteiger partial charge on any atom is -0.272 e. The van der Waals surface area contributed by atoms with Gasteiger partial charge < -0.3 is 0 Å². The lowest BCUT2D eigenvalue weighted by Crippen LogP contribution is -2.19. The number of nitro benzene ring substituents is 1. The molecule has 6 nitrogen and oxygen atoms in total. The van der Waals surface area contributed by atoms with Crippen molar-refractivity contribution in [1.82, 2.24) is 5.43 Å². The summed E-state index contributed by atoms with van der Waals surface area (Å²) in [4.78, 5) is 23.0. The molecule has 0 heterocycles. The number of hydrogen-bond acceptors (Lipinski definition) is 5. The molecule has 1 N–H and O–H groups in total. The predicted molar refractivity (Wildman–Crippen MR) is 86.0 cm³/mol. The van der Waals surface area contributed by atoms with Crippen LogP contribution in [-0.2, 0) is 4.79 Å². The summed E-state index contributed by atoms with van der Waals surface area (Å²) in [5, 5.41) is 14.6. The Morgan fingerprint density at radius 3 is 2.59 bits per heavy atom. The van der Waals surface area contributed by atoms with Gasteiger partial charge in [0.25, 0.3) is 5.69 Å². The third-order valence-electron chi connectivity index (χ3n) is 2.64. The number of para-hydroxylation sites is 1. The number of thioether (sulfide) groups is 1. The molecule has 112 valence electrons. The van der Waals surface area contributed by atoms with Crippen molar-refractivity contribution in [2.45, 2.75) is 4.90 Å². The summed E-state index contributed by atoms with van der Waals surface area (Å²) in [6, 6.07) is 15.7. The Kier molecular flexibility index (Phi) is 5.67. The van der Waals surface area contributed by atoms with Crippen LogP contribution in [0.1, 0.15) is 5.56 Å². The van der Waals surface area contributed by atoms with Crippen molar-refractivity contribution in [2.75, 3.05) is 5.75 Å². The highest BCUT2D eigenvalue weighted by Gasteiger charge is 2.10. The van der Waals surface area contributed by atoms with Crippen LogP contribution in [0.25, 0.3) is 0 Å². The number of nitrogens with zero attached hydrogens (tertiary/aromatic N) is 2. The number of nitro groups is 1. The number of carbonyl (C=O) groups excluding carboxylic acids is 1. The van der Waals surface area contributed by atoms with Crippen molar-refractivity contribution >= 4 is 29.6 Å². The minimum absolute atomic E-state index is 0.0563. The first-order chi connectivity index (χ1) is 10.7. The maximum absolute atomic E-state index is 11.6. The van der Waals surface area contributed by atoms with Crippen LogP contribution in [0.3, 0.4) is 0 Å². The number of carbonyl (C=O) groups is 1. The molecule has 0 aliphatic heterocycles. The largest absolute Gasteiger partial charge is 0.278 e. The van der Waals surface area contributed by atoms with E-state index >= 15 is 0 Å². The molecule has 0 aliphatic rings. The molecule has 0 saturated carbocycles. The minimum atomic E-state index is -0.492. The van der Waals surface area contributed by atoms with Gasteiger partial charge in [-0.25, -0.2) is 5.43 Å². The van der Waals surface area contributed by atoms with Crippen LogP contribution in [0.4, 0.5) is 5.69 Å². The van der Waals surface area contributed by atoms with Gasteiger partial charge in [0.1, 0.15) is 0 Å². The Morgan fingerprint density at radius 2 is 1.86 bits per heavy atom. The molecule has 0 spiro atoms. The zero-order chi connectivity index (χ0) is 15.8. The van der Waals surface area contributed by atoms with E-state index in [2.05, 4.69) is 10.5 Å². The topological polar surface area (TPSA) is 84.6 Å². The zero-order valence-corrected chi connectivity index (χ0v) is 12.3. The third-order valence-corrected chi connectivity index (χ3v) is 3.65. The summed E-state index contributed by atoms with van der Waals surface area (Å²) in [6.45, 7) is 0. The fraction of sp³-hybridized carbons (Fsp3) is 0.0667. The average Bonchev–Trinajstić information content (AvgIpc) is 2.54. The highest BCUT2D eigenvalue weighted by molar-refractivity contribution is 8.00. The van der Waals surface area contributed by atoms with Gasteiger partial charge in [-0.15, -0.1) is 11.8 Å². The van der Waals surface area contributed by atoms with Gasteiger partial charge in [-0.2, -0.15) is 5.10 Å². The van der Waals surface area contributed by atoms with Gasteiger partial charge in [0.2, 0.25) is 5.91 Å². The highest BCUT2D eigenvalue weighted by Crippen LogP contribution is 2.16. The predicted octanol–water partition coefficient (Wildman–Crippen LogP) is 2.84. The van der Waals surface area contributed by atoms with E-state index in [-0.39, 0.29) is 17.3 Å².